The van der Waals surface area contributed by atoms with Crippen LogP contribution in [0.1, 0.15) is 29.8 Å². The Hall–Kier alpha value is -2.22. The monoisotopic (exact) mass is 416 g/mol. The second-order valence-electron chi connectivity index (χ2n) is 7.32. The van der Waals surface area contributed by atoms with Crippen molar-refractivity contribution in [2.75, 3.05) is 39.3 Å². The summed E-state index contributed by atoms with van der Waals surface area (Å²) in [4.78, 5) is 16.4. The molecule has 0 aliphatic carbocycles. The lowest BCUT2D eigenvalue weighted by Gasteiger charge is -2.32. The van der Waals surface area contributed by atoms with Crippen molar-refractivity contribution < 1.29 is 18.1 Å². The Morgan fingerprint density at radius 3 is 2.10 bits per heavy atom. The lowest BCUT2D eigenvalue weighted by Crippen LogP contribution is -3.13. The van der Waals surface area contributed by atoms with Gasteiger partial charge in [0.1, 0.15) is 6.54 Å². The molecule has 0 aromatic heterocycles. The molecule has 29 heavy (non-hydrogen) atoms. The smallest absolute Gasteiger partial charge is 0.254 e. The number of carbonyl (C=O) groups excluding carboxylic acids is 1. The largest absolute Gasteiger partial charge is 0.328 e. The van der Waals surface area contributed by atoms with E-state index in [2.05, 4.69) is 24.3 Å². The van der Waals surface area contributed by atoms with Gasteiger partial charge in [0, 0.05) is 24.2 Å². The molecule has 2 aromatic rings. The van der Waals surface area contributed by atoms with E-state index in [-0.39, 0.29) is 10.8 Å². The third-order valence-corrected chi connectivity index (χ3v) is 7.56. The molecule has 7 heteroatoms. The highest BCUT2D eigenvalue weighted by atomic mass is 32.2. The van der Waals surface area contributed by atoms with Crippen LogP contribution < -0.4 is 4.90 Å². The lowest BCUT2D eigenvalue weighted by molar-refractivity contribution is -0.917. The molecule has 0 unspecified atom stereocenters. The van der Waals surface area contributed by atoms with Gasteiger partial charge in [-0.05, 0) is 24.3 Å². The van der Waals surface area contributed by atoms with Gasteiger partial charge >= 0.3 is 0 Å². The van der Waals surface area contributed by atoms with Gasteiger partial charge < -0.3 is 9.80 Å². The van der Waals surface area contributed by atoms with Crippen molar-refractivity contribution in [1.29, 1.82) is 0 Å². The number of hydrogen-bond donors (Lipinski definition) is 1. The van der Waals surface area contributed by atoms with Crippen LogP contribution in [0.4, 0.5) is 0 Å². The molecule has 6 nitrogen and oxygen atoms in total. The van der Waals surface area contributed by atoms with Crippen molar-refractivity contribution in [2.24, 2.45) is 0 Å². The van der Waals surface area contributed by atoms with E-state index in [1.54, 1.807) is 12.1 Å². The summed E-state index contributed by atoms with van der Waals surface area (Å²) in [6.07, 6.45) is 0. The summed E-state index contributed by atoms with van der Waals surface area (Å²) >= 11 is 0. The summed E-state index contributed by atoms with van der Waals surface area (Å²) in [7, 11) is -3.50. The summed E-state index contributed by atoms with van der Waals surface area (Å²) in [6.45, 7) is 8.70. The highest BCUT2D eigenvalue weighted by molar-refractivity contribution is 7.89. The number of piperazine rings is 1. The molecule has 1 amide bonds. The molecule has 0 radical (unpaired) electrons. The average Bonchev–Trinajstić information content (AvgIpc) is 2.75. The molecule has 1 aliphatic heterocycles. The maximum atomic E-state index is 12.8. The van der Waals surface area contributed by atoms with Crippen LogP contribution in [-0.4, -0.2) is 62.8 Å². The van der Waals surface area contributed by atoms with E-state index >= 15 is 0 Å². The number of quaternary nitrogens is 1. The number of amides is 1. The van der Waals surface area contributed by atoms with Crippen molar-refractivity contribution in [3.63, 3.8) is 0 Å². The molecule has 0 atom stereocenters. The fraction of sp³-hybridized carbons (Fsp3) is 0.409. The van der Waals surface area contributed by atoms with Crippen LogP contribution in [0.3, 0.4) is 0 Å². The quantitative estimate of drug-likeness (QED) is 0.739. The van der Waals surface area contributed by atoms with Crippen molar-refractivity contribution in [3.8, 4) is 0 Å². The summed E-state index contributed by atoms with van der Waals surface area (Å²) in [5, 5.41) is 0. The van der Waals surface area contributed by atoms with Gasteiger partial charge in [-0.15, -0.1) is 0 Å². The first kappa shape index (κ1) is 21.5. The second-order valence-corrected chi connectivity index (χ2v) is 9.26. The highest BCUT2D eigenvalue weighted by Crippen LogP contribution is 2.17. The van der Waals surface area contributed by atoms with E-state index in [0.29, 0.717) is 31.7 Å². The number of rotatable bonds is 7. The van der Waals surface area contributed by atoms with E-state index in [1.165, 1.54) is 26.9 Å². The van der Waals surface area contributed by atoms with E-state index < -0.39 is 10.0 Å². The summed E-state index contributed by atoms with van der Waals surface area (Å²) < 4.78 is 26.6. The van der Waals surface area contributed by atoms with Crippen molar-refractivity contribution in [1.82, 2.24) is 9.21 Å². The van der Waals surface area contributed by atoms with Crippen LogP contribution in [0, 0.1) is 0 Å². The van der Waals surface area contributed by atoms with Crippen LogP contribution in [-0.2, 0) is 16.6 Å². The SMILES string of the molecule is CCN(CC)S(=O)(=O)c1ccc(C(=O)N2CC[NH+](Cc3ccccc3)CC2)cc1. The zero-order valence-electron chi connectivity index (χ0n) is 17.2. The van der Waals surface area contributed by atoms with E-state index in [0.717, 1.165) is 19.6 Å². The predicted octanol–water partition coefficient (Wildman–Crippen LogP) is 1.26. The number of nitrogens with zero attached hydrogens (tertiary/aromatic N) is 2. The van der Waals surface area contributed by atoms with Gasteiger partial charge in [-0.2, -0.15) is 4.31 Å². The number of sulfonamides is 1. The number of carbonyl (C=O) groups is 1. The summed E-state index contributed by atoms with van der Waals surface area (Å²) in [5.74, 6) is -0.0319. The molecule has 1 heterocycles. The number of hydrogen-bond acceptors (Lipinski definition) is 3. The van der Waals surface area contributed by atoms with Gasteiger partial charge in [0.15, 0.2) is 0 Å². The van der Waals surface area contributed by atoms with E-state index in [4.69, 9.17) is 0 Å². The first-order chi connectivity index (χ1) is 14.0. The average molecular weight is 417 g/mol. The first-order valence-electron chi connectivity index (χ1n) is 10.2. The van der Waals surface area contributed by atoms with Gasteiger partial charge in [0.2, 0.25) is 10.0 Å². The maximum Gasteiger partial charge on any atom is 0.254 e. The first-order valence-corrected chi connectivity index (χ1v) is 11.7. The van der Waals surface area contributed by atoms with Gasteiger partial charge in [0.25, 0.3) is 5.91 Å². The molecule has 156 valence electrons. The van der Waals surface area contributed by atoms with Crippen molar-refractivity contribution in [2.45, 2.75) is 25.3 Å². The number of benzene rings is 2. The fourth-order valence-electron chi connectivity index (χ4n) is 3.75. The minimum absolute atomic E-state index is 0.0319. The van der Waals surface area contributed by atoms with Crippen LogP contribution in [0.25, 0.3) is 0 Å². The fourth-order valence-corrected chi connectivity index (χ4v) is 5.21. The molecule has 0 spiro atoms. The minimum Gasteiger partial charge on any atom is -0.328 e. The normalized spacial score (nSPS) is 15.6. The molecule has 2 aromatic carbocycles. The molecule has 0 bridgehead atoms. The molecule has 1 aliphatic rings. The Morgan fingerprint density at radius 2 is 1.55 bits per heavy atom. The Bertz CT molecular complexity index is 902. The van der Waals surface area contributed by atoms with Gasteiger partial charge in [-0.1, -0.05) is 44.2 Å². The van der Waals surface area contributed by atoms with Gasteiger partial charge in [-0.3, -0.25) is 4.79 Å². The molecule has 0 saturated carbocycles. The molecular weight excluding hydrogens is 386 g/mol. The van der Waals surface area contributed by atoms with Crippen LogP contribution >= 0.6 is 0 Å². The maximum absolute atomic E-state index is 12.8. The Balaban J connectivity index is 1.60. The minimum atomic E-state index is -3.50. The Labute approximate surface area is 173 Å². The Morgan fingerprint density at radius 1 is 0.966 bits per heavy atom. The van der Waals surface area contributed by atoms with Crippen LogP contribution in [0.5, 0.6) is 0 Å². The van der Waals surface area contributed by atoms with Crippen molar-refractivity contribution in [3.05, 3.63) is 65.7 Å². The highest BCUT2D eigenvalue weighted by Gasteiger charge is 2.26. The molecule has 3 rings (SSSR count). The summed E-state index contributed by atoms with van der Waals surface area (Å²) in [6, 6.07) is 16.7. The van der Waals surface area contributed by atoms with E-state index in [9.17, 15) is 13.2 Å². The molecule has 1 saturated heterocycles. The van der Waals surface area contributed by atoms with Gasteiger partial charge in [0.05, 0.1) is 31.1 Å². The second kappa shape index (κ2) is 9.52. The third kappa shape index (κ3) is 5.04. The Kier molecular flexibility index (Phi) is 7.05. The molecular formula is C22H30N3O3S+. The number of nitrogens with one attached hydrogen (secondary N) is 1. The lowest BCUT2D eigenvalue weighted by atomic mass is 10.1. The van der Waals surface area contributed by atoms with Gasteiger partial charge in [-0.25, -0.2) is 8.42 Å². The van der Waals surface area contributed by atoms with Crippen LogP contribution in [0.15, 0.2) is 59.5 Å². The third-order valence-electron chi connectivity index (χ3n) is 5.50. The molecule has 1 N–H and O–H groups in total. The predicted molar refractivity (Wildman–Crippen MR) is 113 cm³/mol. The zero-order chi connectivity index (χ0) is 20.9. The summed E-state index contributed by atoms with van der Waals surface area (Å²) in [5.41, 5.74) is 1.85. The topological polar surface area (TPSA) is 62.1 Å². The standard InChI is InChI=1S/C22H29N3O3S/c1-3-25(4-2)29(27,28)21-12-10-20(11-13-21)22(26)24-16-14-23(15-17-24)18-19-8-6-5-7-9-19/h5-13H,3-4,14-18H2,1-2H3/p+1. The molecule has 1 fully saturated rings. The zero-order valence-corrected chi connectivity index (χ0v) is 18.0. The van der Waals surface area contributed by atoms with Crippen LogP contribution in [0.2, 0.25) is 0 Å². The van der Waals surface area contributed by atoms with Crippen molar-refractivity contribution >= 4 is 15.9 Å². The van der Waals surface area contributed by atoms with E-state index in [1.807, 2.05) is 24.8 Å².